The first kappa shape index (κ1) is 14.4. The molecule has 0 saturated heterocycles. The maximum atomic E-state index is 11.6. The van der Waals surface area contributed by atoms with Gasteiger partial charge in [0.1, 0.15) is 5.03 Å². The van der Waals surface area contributed by atoms with E-state index < -0.39 is 0 Å². The van der Waals surface area contributed by atoms with Crippen molar-refractivity contribution in [1.82, 2.24) is 25.7 Å². The Morgan fingerprint density at radius 3 is 3.11 bits per heavy atom. The third kappa shape index (κ3) is 5.21. The van der Waals surface area contributed by atoms with Crippen molar-refractivity contribution in [2.75, 3.05) is 18.1 Å². The van der Waals surface area contributed by atoms with Gasteiger partial charge in [0.15, 0.2) is 4.34 Å². The van der Waals surface area contributed by atoms with E-state index >= 15 is 0 Å². The molecule has 2 aromatic rings. The number of rotatable bonds is 7. The molecule has 1 amide bonds. The topological polar surface area (TPSA) is 83.6 Å². The monoisotopic (exact) mass is 315 g/mol. The van der Waals surface area contributed by atoms with Crippen LogP contribution < -0.4 is 5.32 Å². The van der Waals surface area contributed by atoms with Gasteiger partial charge in [0.05, 0.1) is 11.9 Å². The van der Waals surface area contributed by atoms with Crippen molar-refractivity contribution in [2.24, 2.45) is 0 Å². The van der Waals surface area contributed by atoms with Crippen molar-refractivity contribution < 1.29 is 4.79 Å². The fourth-order valence-electron chi connectivity index (χ4n) is 1.18. The Bertz CT molecular complexity index is 513. The van der Waals surface area contributed by atoms with Crippen LogP contribution in [0.2, 0.25) is 0 Å². The maximum absolute atomic E-state index is 11.6. The van der Waals surface area contributed by atoms with Crippen molar-refractivity contribution >= 4 is 40.8 Å². The number of nitrogens with one attached hydrogen (secondary N) is 2. The van der Waals surface area contributed by atoms with Gasteiger partial charge in [-0.15, -0.1) is 28.2 Å². The van der Waals surface area contributed by atoms with E-state index in [-0.39, 0.29) is 5.91 Å². The Morgan fingerprint density at radius 2 is 2.42 bits per heavy atom. The van der Waals surface area contributed by atoms with Crippen LogP contribution in [0.3, 0.4) is 0 Å². The SMILES string of the molecule is Cc1csc(SCC(=O)NCCSc2cn[nH]n2)n1. The van der Waals surface area contributed by atoms with E-state index in [2.05, 4.69) is 25.7 Å². The Labute approximate surface area is 123 Å². The molecule has 0 saturated carbocycles. The van der Waals surface area contributed by atoms with Crippen molar-refractivity contribution in [1.29, 1.82) is 0 Å². The van der Waals surface area contributed by atoms with Gasteiger partial charge < -0.3 is 5.32 Å². The van der Waals surface area contributed by atoms with E-state index in [1.807, 2.05) is 12.3 Å². The van der Waals surface area contributed by atoms with E-state index in [0.717, 1.165) is 20.8 Å². The summed E-state index contributed by atoms with van der Waals surface area (Å²) in [7, 11) is 0. The number of nitrogens with zero attached hydrogens (tertiary/aromatic N) is 3. The second-order valence-corrected chi connectivity index (χ2v) is 6.75. The van der Waals surface area contributed by atoms with E-state index in [9.17, 15) is 4.79 Å². The molecule has 0 aliphatic heterocycles. The molecule has 2 aromatic heterocycles. The summed E-state index contributed by atoms with van der Waals surface area (Å²) in [6.07, 6.45) is 1.66. The summed E-state index contributed by atoms with van der Waals surface area (Å²) in [5.41, 5.74) is 0.997. The van der Waals surface area contributed by atoms with Crippen LogP contribution in [0.15, 0.2) is 20.9 Å². The van der Waals surface area contributed by atoms with Crippen LogP contribution in [0.5, 0.6) is 0 Å². The number of H-pyrrole nitrogens is 1. The standard InChI is InChI=1S/C10H13N5OS3/c1-7-5-18-10(13-7)19-6-8(16)11-2-3-17-9-4-12-15-14-9/h4-5H,2-3,6H2,1H3,(H,11,16)(H,12,14,15). The fraction of sp³-hybridized carbons (Fsp3) is 0.400. The summed E-state index contributed by atoms with van der Waals surface area (Å²) in [5, 5.41) is 15.8. The Hall–Kier alpha value is -1.06. The van der Waals surface area contributed by atoms with Gasteiger partial charge in [0, 0.05) is 23.4 Å². The fourth-order valence-corrected chi connectivity index (χ4v) is 3.51. The number of thioether (sulfide) groups is 2. The normalized spacial score (nSPS) is 10.6. The summed E-state index contributed by atoms with van der Waals surface area (Å²) >= 11 is 4.58. The minimum Gasteiger partial charge on any atom is -0.355 e. The van der Waals surface area contributed by atoms with Gasteiger partial charge in [0.25, 0.3) is 0 Å². The number of carbonyl (C=O) groups excluding carboxylic acids is 1. The molecule has 9 heteroatoms. The van der Waals surface area contributed by atoms with Gasteiger partial charge in [-0.25, -0.2) is 4.98 Å². The molecule has 0 unspecified atom stereocenters. The minimum absolute atomic E-state index is 0.0265. The van der Waals surface area contributed by atoms with Crippen LogP contribution >= 0.6 is 34.9 Å². The lowest BCUT2D eigenvalue weighted by molar-refractivity contribution is -0.118. The Kier molecular flexibility index (Phi) is 5.67. The van der Waals surface area contributed by atoms with Crippen molar-refractivity contribution in [3.63, 3.8) is 0 Å². The molecule has 2 rings (SSSR count). The number of thiazole rings is 1. The lowest BCUT2D eigenvalue weighted by atomic mass is 10.6. The van der Waals surface area contributed by atoms with Crippen molar-refractivity contribution in [3.05, 3.63) is 17.3 Å². The number of aromatic amines is 1. The van der Waals surface area contributed by atoms with Gasteiger partial charge in [-0.05, 0) is 6.92 Å². The van der Waals surface area contributed by atoms with E-state index in [4.69, 9.17) is 0 Å². The first-order chi connectivity index (χ1) is 9.24. The number of aryl methyl sites for hydroxylation is 1. The smallest absolute Gasteiger partial charge is 0.230 e. The maximum Gasteiger partial charge on any atom is 0.230 e. The second-order valence-electron chi connectivity index (χ2n) is 3.55. The molecule has 0 fully saturated rings. The van der Waals surface area contributed by atoms with Crippen LogP contribution in [0, 0.1) is 6.92 Å². The molecule has 0 atom stereocenters. The van der Waals surface area contributed by atoms with Crippen LogP contribution in [0.25, 0.3) is 0 Å². The van der Waals surface area contributed by atoms with Crippen molar-refractivity contribution in [2.45, 2.75) is 16.3 Å². The number of carbonyl (C=O) groups is 1. The first-order valence-corrected chi connectivity index (χ1v) is 8.39. The first-order valence-electron chi connectivity index (χ1n) is 5.54. The molecule has 0 aliphatic carbocycles. The molecule has 0 aliphatic rings. The number of aromatic nitrogens is 4. The highest BCUT2D eigenvalue weighted by Gasteiger charge is 2.05. The summed E-state index contributed by atoms with van der Waals surface area (Å²) < 4.78 is 0.935. The third-order valence-corrected chi connectivity index (χ3v) is 5.03. The Morgan fingerprint density at radius 1 is 1.53 bits per heavy atom. The molecule has 0 aromatic carbocycles. The molecular formula is C10H13N5OS3. The zero-order valence-electron chi connectivity index (χ0n) is 10.3. The zero-order chi connectivity index (χ0) is 13.5. The van der Waals surface area contributed by atoms with Gasteiger partial charge in [-0.1, -0.05) is 11.8 Å². The predicted molar refractivity (Wildman–Crippen MR) is 77.7 cm³/mol. The molecule has 2 heterocycles. The summed E-state index contributed by atoms with van der Waals surface area (Å²) in [5.74, 6) is 1.21. The molecule has 0 radical (unpaired) electrons. The quantitative estimate of drug-likeness (QED) is 0.596. The molecule has 6 nitrogen and oxygen atoms in total. The largest absolute Gasteiger partial charge is 0.355 e. The van der Waals surface area contributed by atoms with Crippen LogP contribution in [-0.4, -0.2) is 44.4 Å². The minimum atomic E-state index is 0.0265. The summed E-state index contributed by atoms with van der Waals surface area (Å²) in [6.45, 7) is 2.57. The van der Waals surface area contributed by atoms with Gasteiger partial charge in [0.2, 0.25) is 5.91 Å². The highest BCUT2D eigenvalue weighted by molar-refractivity contribution is 8.01. The zero-order valence-corrected chi connectivity index (χ0v) is 12.7. The van der Waals surface area contributed by atoms with Crippen LogP contribution in [0.1, 0.15) is 5.69 Å². The van der Waals surface area contributed by atoms with Crippen molar-refractivity contribution in [3.8, 4) is 0 Å². The molecule has 0 spiro atoms. The third-order valence-electron chi connectivity index (χ3n) is 1.99. The molecule has 19 heavy (non-hydrogen) atoms. The average molecular weight is 315 g/mol. The summed E-state index contributed by atoms with van der Waals surface area (Å²) in [6, 6.07) is 0. The van der Waals surface area contributed by atoms with Gasteiger partial charge in [-0.2, -0.15) is 10.3 Å². The summed E-state index contributed by atoms with van der Waals surface area (Å²) in [4.78, 5) is 15.9. The number of hydrogen-bond acceptors (Lipinski definition) is 7. The average Bonchev–Trinajstić information content (AvgIpc) is 3.03. The lowest BCUT2D eigenvalue weighted by Crippen LogP contribution is -2.27. The highest BCUT2D eigenvalue weighted by Crippen LogP contribution is 2.21. The molecule has 102 valence electrons. The second kappa shape index (κ2) is 7.51. The lowest BCUT2D eigenvalue weighted by Gasteiger charge is -2.02. The predicted octanol–water partition coefficient (Wildman–Crippen LogP) is 1.57. The van der Waals surface area contributed by atoms with Gasteiger partial charge >= 0.3 is 0 Å². The molecule has 2 N–H and O–H groups in total. The van der Waals surface area contributed by atoms with Crippen LogP contribution in [-0.2, 0) is 4.79 Å². The molecule has 0 bridgehead atoms. The van der Waals surface area contributed by atoms with E-state index in [1.54, 1.807) is 29.3 Å². The van der Waals surface area contributed by atoms with E-state index in [1.165, 1.54) is 11.8 Å². The number of hydrogen-bond donors (Lipinski definition) is 2. The molecular weight excluding hydrogens is 302 g/mol. The van der Waals surface area contributed by atoms with Crippen LogP contribution in [0.4, 0.5) is 0 Å². The van der Waals surface area contributed by atoms with Gasteiger partial charge in [-0.3, -0.25) is 4.79 Å². The Balaban J connectivity index is 1.57. The van der Waals surface area contributed by atoms with E-state index in [0.29, 0.717) is 12.3 Å². The number of amides is 1. The highest BCUT2D eigenvalue weighted by atomic mass is 32.2.